The van der Waals surface area contributed by atoms with Gasteiger partial charge in [0.05, 0.1) is 12.9 Å². The van der Waals surface area contributed by atoms with Gasteiger partial charge in [0.2, 0.25) is 0 Å². The summed E-state index contributed by atoms with van der Waals surface area (Å²) in [6.45, 7) is 2.81. The fourth-order valence-electron chi connectivity index (χ4n) is 1.12. The largest absolute Gasteiger partial charge is 0.340 e. The van der Waals surface area contributed by atoms with Crippen molar-refractivity contribution >= 4 is 5.91 Å². The third kappa shape index (κ3) is 2.13. The van der Waals surface area contributed by atoms with Crippen LogP contribution in [-0.2, 0) is 7.05 Å². The third-order valence-corrected chi connectivity index (χ3v) is 1.88. The second kappa shape index (κ2) is 4.47. The molecule has 0 aliphatic rings. The van der Waals surface area contributed by atoms with E-state index in [9.17, 15) is 4.79 Å². The van der Waals surface area contributed by atoms with Gasteiger partial charge in [-0.25, -0.2) is 4.98 Å². The van der Waals surface area contributed by atoms with Gasteiger partial charge >= 0.3 is 0 Å². The Labute approximate surface area is 83.5 Å². The van der Waals surface area contributed by atoms with Crippen LogP contribution in [0.25, 0.3) is 0 Å². The zero-order chi connectivity index (χ0) is 10.6. The highest BCUT2D eigenvalue weighted by Crippen LogP contribution is 2.00. The van der Waals surface area contributed by atoms with Crippen LogP contribution in [0.4, 0.5) is 0 Å². The number of aromatic nitrogens is 2. The normalized spacial score (nSPS) is 9.50. The smallest absolute Gasteiger partial charge is 0.274 e. The van der Waals surface area contributed by atoms with Gasteiger partial charge in [0.1, 0.15) is 5.69 Å². The molecule has 0 bridgehead atoms. The van der Waals surface area contributed by atoms with Crippen molar-refractivity contribution in [1.82, 2.24) is 14.5 Å². The number of hydrogen-bond acceptors (Lipinski definition) is 2. The molecule has 1 rings (SSSR count). The molecule has 1 aromatic heterocycles. The molecule has 0 spiro atoms. The highest BCUT2D eigenvalue weighted by molar-refractivity contribution is 5.92. The fourth-order valence-corrected chi connectivity index (χ4v) is 1.12. The minimum absolute atomic E-state index is 0.119. The van der Waals surface area contributed by atoms with E-state index in [4.69, 9.17) is 6.42 Å². The maximum atomic E-state index is 11.7. The first-order chi connectivity index (χ1) is 6.69. The number of imidazole rings is 1. The first-order valence-electron chi connectivity index (χ1n) is 4.39. The van der Waals surface area contributed by atoms with E-state index in [1.165, 1.54) is 0 Å². The second-order valence-electron chi connectivity index (χ2n) is 2.95. The van der Waals surface area contributed by atoms with Gasteiger partial charge in [0, 0.05) is 19.8 Å². The van der Waals surface area contributed by atoms with E-state index in [1.54, 1.807) is 22.0 Å². The lowest BCUT2D eigenvalue weighted by atomic mass is 10.3. The van der Waals surface area contributed by atoms with Gasteiger partial charge in [-0.05, 0) is 6.92 Å². The van der Waals surface area contributed by atoms with Gasteiger partial charge in [0.25, 0.3) is 5.91 Å². The van der Waals surface area contributed by atoms with Gasteiger partial charge in [0.15, 0.2) is 0 Å². The van der Waals surface area contributed by atoms with Gasteiger partial charge < -0.3 is 9.47 Å². The summed E-state index contributed by atoms with van der Waals surface area (Å²) in [6.07, 6.45) is 8.43. The third-order valence-electron chi connectivity index (χ3n) is 1.88. The molecule has 14 heavy (non-hydrogen) atoms. The molecule has 0 unspecified atom stereocenters. The predicted molar refractivity (Wildman–Crippen MR) is 53.6 cm³/mol. The Kier molecular flexibility index (Phi) is 3.29. The summed E-state index contributed by atoms with van der Waals surface area (Å²) in [4.78, 5) is 17.3. The van der Waals surface area contributed by atoms with Crippen molar-refractivity contribution < 1.29 is 4.79 Å². The average molecular weight is 191 g/mol. The quantitative estimate of drug-likeness (QED) is 0.653. The summed E-state index contributed by atoms with van der Waals surface area (Å²) >= 11 is 0. The molecule has 4 nitrogen and oxygen atoms in total. The molecule has 4 heteroatoms. The average Bonchev–Trinajstić information content (AvgIpc) is 2.60. The minimum Gasteiger partial charge on any atom is -0.340 e. The van der Waals surface area contributed by atoms with E-state index in [2.05, 4.69) is 10.9 Å². The molecule has 0 aliphatic heterocycles. The maximum Gasteiger partial charge on any atom is 0.274 e. The number of rotatable bonds is 3. The zero-order valence-corrected chi connectivity index (χ0v) is 8.40. The Hall–Kier alpha value is -1.76. The molecule has 1 heterocycles. The van der Waals surface area contributed by atoms with E-state index < -0.39 is 0 Å². The van der Waals surface area contributed by atoms with Crippen LogP contribution in [0.2, 0.25) is 0 Å². The topological polar surface area (TPSA) is 38.1 Å². The number of carbonyl (C=O) groups excluding carboxylic acids is 1. The summed E-state index contributed by atoms with van der Waals surface area (Å²) in [7, 11) is 1.82. The van der Waals surface area contributed by atoms with E-state index >= 15 is 0 Å². The molecule has 0 atom stereocenters. The Morgan fingerprint density at radius 2 is 2.50 bits per heavy atom. The van der Waals surface area contributed by atoms with Crippen LogP contribution < -0.4 is 0 Å². The zero-order valence-electron chi connectivity index (χ0n) is 8.40. The SMILES string of the molecule is C#CCN(CC)C(=O)c1cn(C)cn1. The summed E-state index contributed by atoms with van der Waals surface area (Å²) in [5, 5.41) is 0. The highest BCUT2D eigenvalue weighted by atomic mass is 16.2. The lowest BCUT2D eigenvalue weighted by molar-refractivity contribution is 0.0779. The number of amides is 1. The van der Waals surface area contributed by atoms with Crippen molar-refractivity contribution in [2.24, 2.45) is 7.05 Å². The molecule has 0 saturated carbocycles. The van der Waals surface area contributed by atoms with Crippen molar-refractivity contribution in [3.05, 3.63) is 18.2 Å². The summed E-state index contributed by atoms with van der Waals surface area (Å²) in [5.74, 6) is 2.33. The van der Waals surface area contributed by atoms with Gasteiger partial charge in [-0.3, -0.25) is 4.79 Å². The van der Waals surface area contributed by atoms with Crippen molar-refractivity contribution in [2.75, 3.05) is 13.1 Å². The molecule has 0 aromatic carbocycles. The fraction of sp³-hybridized carbons (Fsp3) is 0.400. The van der Waals surface area contributed by atoms with Gasteiger partial charge in [-0.2, -0.15) is 0 Å². The number of hydrogen-bond donors (Lipinski definition) is 0. The molecular formula is C10H13N3O. The maximum absolute atomic E-state index is 11.7. The number of nitrogens with zero attached hydrogens (tertiary/aromatic N) is 3. The van der Waals surface area contributed by atoms with Crippen LogP contribution in [0.5, 0.6) is 0 Å². The van der Waals surface area contributed by atoms with Gasteiger partial charge in [-0.15, -0.1) is 6.42 Å². The lowest BCUT2D eigenvalue weighted by Crippen LogP contribution is -2.31. The molecule has 1 amide bonds. The number of aryl methyl sites for hydroxylation is 1. The van der Waals surface area contributed by atoms with Crippen LogP contribution in [0, 0.1) is 12.3 Å². The Morgan fingerprint density at radius 3 is 2.93 bits per heavy atom. The molecule has 74 valence electrons. The minimum atomic E-state index is -0.119. The molecule has 0 aliphatic carbocycles. The first-order valence-corrected chi connectivity index (χ1v) is 4.39. The monoisotopic (exact) mass is 191 g/mol. The van der Waals surface area contributed by atoms with Crippen LogP contribution in [0.3, 0.4) is 0 Å². The molecular weight excluding hydrogens is 178 g/mol. The van der Waals surface area contributed by atoms with Crippen LogP contribution >= 0.6 is 0 Å². The molecule has 0 radical (unpaired) electrons. The van der Waals surface area contributed by atoms with E-state index in [-0.39, 0.29) is 5.91 Å². The summed E-state index contributed by atoms with van der Waals surface area (Å²) in [6, 6.07) is 0. The van der Waals surface area contributed by atoms with Crippen LogP contribution in [0.15, 0.2) is 12.5 Å². The number of carbonyl (C=O) groups is 1. The van der Waals surface area contributed by atoms with Crippen LogP contribution in [0.1, 0.15) is 17.4 Å². The summed E-state index contributed by atoms with van der Waals surface area (Å²) in [5.41, 5.74) is 0.435. The van der Waals surface area contributed by atoms with Crippen LogP contribution in [-0.4, -0.2) is 33.4 Å². The first kappa shape index (κ1) is 10.3. The molecule has 0 fully saturated rings. The lowest BCUT2D eigenvalue weighted by Gasteiger charge is -2.15. The number of terminal acetylenes is 1. The van der Waals surface area contributed by atoms with Crippen molar-refractivity contribution in [3.8, 4) is 12.3 Å². The van der Waals surface area contributed by atoms with Gasteiger partial charge in [-0.1, -0.05) is 5.92 Å². The van der Waals surface area contributed by atoms with Crippen molar-refractivity contribution in [3.63, 3.8) is 0 Å². The Morgan fingerprint density at radius 1 is 1.79 bits per heavy atom. The van der Waals surface area contributed by atoms with Crippen molar-refractivity contribution in [2.45, 2.75) is 6.92 Å². The molecule has 0 saturated heterocycles. The second-order valence-corrected chi connectivity index (χ2v) is 2.95. The standard InChI is InChI=1S/C10H13N3O/c1-4-6-13(5-2)10(14)9-7-12(3)8-11-9/h1,7-8H,5-6H2,2-3H3. The molecule has 1 aromatic rings. The van der Waals surface area contributed by atoms with E-state index in [1.807, 2.05) is 14.0 Å². The predicted octanol–water partition coefficient (Wildman–Crippen LogP) is 0.515. The van der Waals surface area contributed by atoms with E-state index in [0.29, 0.717) is 18.8 Å². The van der Waals surface area contributed by atoms with Crippen molar-refractivity contribution in [1.29, 1.82) is 0 Å². The Balaban J connectivity index is 2.78. The molecule has 0 N–H and O–H groups in total. The van der Waals surface area contributed by atoms with E-state index in [0.717, 1.165) is 0 Å². The Bertz CT molecular complexity index is 362. The summed E-state index contributed by atoms with van der Waals surface area (Å²) < 4.78 is 1.73. The highest BCUT2D eigenvalue weighted by Gasteiger charge is 2.14.